The fourth-order valence-electron chi connectivity index (χ4n) is 2.36. The molecule has 0 atom stereocenters. The van der Waals surface area contributed by atoms with Crippen molar-refractivity contribution < 1.29 is 9.21 Å². The van der Waals surface area contributed by atoms with Crippen LogP contribution in [0.1, 0.15) is 11.6 Å². The zero-order valence-corrected chi connectivity index (χ0v) is 15.4. The molecule has 1 amide bonds. The number of nitrogens with one attached hydrogen (secondary N) is 2. The van der Waals surface area contributed by atoms with Gasteiger partial charge in [0.2, 0.25) is 5.91 Å². The van der Waals surface area contributed by atoms with E-state index in [9.17, 15) is 4.79 Å². The molecule has 0 fully saturated rings. The molecule has 0 saturated carbocycles. The van der Waals surface area contributed by atoms with Crippen molar-refractivity contribution in [3.05, 3.63) is 66.4 Å². The van der Waals surface area contributed by atoms with Crippen molar-refractivity contribution in [1.82, 2.24) is 9.97 Å². The van der Waals surface area contributed by atoms with E-state index in [1.807, 2.05) is 56.3 Å². The van der Waals surface area contributed by atoms with E-state index < -0.39 is 0 Å². The molecule has 0 aliphatic heterocycles. The number of rotatable bonds is 6. The highest BCUT2D eigenvalue weighted by atomic mass is 16.3. The van der Waals surface area contributed by atoms with Gasteiger partial charge in [-0.15, -0.1) is 0 Å². The van der Waals surface area contributed by atoms with Crippen molar-refractivity contribution in [1.29, 1.82) is 0 Å². The third-order valence-electron chi connectivity index (χ3n) is 3.65. The Bertz CT molecular complexity index is 932. The molecule has 138 valence electrons. The van der Waals surface area contributed by atoms with Crippen LogP contribution >= 0.6 is 0 Å². The molecule has 3 aromatic rings. The van der Waals surface area contributed by atoms with Crippen LogP contribution in [0.4, 0.5) is 23.0 Å². The first-order chi connectivity index (χ1) is 13.0. The van der Waals surface area contributed by atoms with Crippen LogP contribution in [0, 0.1) is 6.92 Å². The molecule has 7 heteroatoms. The number of furan rings is 1. The van der Waals surface area contributed by atoms with Crippen molar-refractivity contribution in [3.63, 3.8) is 0 Å². The number of hydrogen-bond acceptors (Lipinski definition) is 6. The number of carbonyl (C=O) groups is 1. The van der Waals surface area contributed by atoms with Gasteiger partial charge in [-0.2, -0.15) is 0 Å². The van der Waals surface area contributed by atoms with Gasteiger partial charge in [0.25, 0.3) is 0 Å². The number of benzene rings is 1. The summed E-state index contributed by atoms with van der Waals surface area (Å²) in [7, 11) is 3.87. The minimum atomic E-state index is -0.228. The number of anilines is 4. The molecule has 1 aromatic carbocycles. The predicted molar refractivity (Wildman–Crippen MR) is 107 cm³/mol. The summed E-state index contributed by atoms with van der Waals surface area (Å²) in [6, 6.07) is 12.8. The molecule has 2 aromatic heterocycles. The van der Waals surface area contributed by atoms with Crippen LogP contribution in [0.3, 0.4) is 0 Å². The van der Waals surface area contributed by atoms with Gasteiger partial charge in [0.1, 0.15) is 23.2 Å². The van der Waals surface area contributed by atoms with E-state index in [0.29, 0.717) is 23.1 Å². The maximum atomic E-state index is 11.9. The van der Waals surface area contributed by atoms with Crippen LogP contribution in [-0.2, 0) is 4.79 Å². The highest BCUT2D eigenvalue weighted by molar-refractivity contribution is 6.01. The quantitative estimate of drug-likeness (QED) is 0.648. The SMILES string of the molecule is Cc1nc(Nc2ccc(NC(=O)/C=C/c3ccco3)cc2)cc(N(C)C)n1. The Morgan fingerprint density at radius 3 is 2.52 bits per heavy atom. The predicted octanol–water partition coefficient (Wildman–Crippen LogP) is 3.84. The first kappa shape index (κ1) is 18.2. The third kappa shape index (κ3) is 5.18. The summed E-state index contributed by atoms with van der Waals surface area (Å²) in [5, 5.41) is 6.05. The number of nitrogens with zero attached hydrogens (tertiary/aromatic N) is 3. The fraction of sp³-hybridized carbons (Fsp3) is 0.150. The normalized spacial score (nSPS) is 10.8. The third-order valence-corrected chi connectivity index (χ3v) is 3.65. The lowest BCUT2D eigenvalue weighted by Gasteiger charge is -2.14. The van der Waals surface area contributed by atoms with Gasteiger partial charge in [-0.25, -0.2) is 9.97 Å². The average Bonchev–Trinajstić information content (AvgIpc) is 3.15. The first-order valence-corrected chi connectivity index (χ1v) is 8.42. The van der Waals surface area contributed by atoms with E-state index in [1.165, 1.54) is 6.08 Å². The molecule has 3 rings (SSSR count). The van der Waals surface area contributed by atoms with Gasteiger partial charge in [0, 0.05) is 37.6 Å². The number of aryl methyl sites for hydroxylation is 1. The molecule has 0 unspecified atom stereocenters. The Labute approximate surface area is 157 Å². The number of amides is 1. The van der Waals surface area contributed by atoms with Gasteiger partial charge in [0.15, 0.2) is 0 Å². The highest BCUT2D eigenvalue weighted by Crippen LogP contribution is 2.20. The van der Waals surface area contributed by atoms with Crippen LogP contribution in [-0.4, -0.2) is 30.0 Å². The van der Waals surface area contributed by atoms with Crippen molar-refractivity contribution in [2.45, 2.75) is 6.92 Å². The maximum absolute atomic E-state index is 11.9. The van der Waals surface area contributed by atoms with Crippen molar-refractivity contribution in [2.75, 3.05) is 29.6 Å². The number of aromatic nitrogens is 2. The van der Waals surface area contributed by atoms with Crippen molar-refractivity contribution in [2.24, 2.45) is 0 Å². The van der Waals surface area contributed by atoms with Gasteiger partial charge in [-0.05, 0) is 49.4 Å². The zero-order chi connectivity index (χ0) is 19.2. The molecule has 0 spiro atoms. The molecule has 2 N–H and O–H groups in total. The van der Waals surface area contributed by atoms with E-state index in [1.54, 1.807) is 24.5 Å². The number of hydrogen-bond donors (Lipinski definition) is 2. The molecule has 7 nitrogen and oxygen atoms in total. The lowest BCUT2D eigenvalue weighted by Crippen LogP contribution is -2.12. The minimum absolute atomic E-state index is 0.228. The van der Waals surface area contributed by atoms with Crippen LogP contribution in [0.5, 0.6) is 0 Å². The largest absolute Gasteiger partial charge is 0.465 e. The molecule has 27 heavy (non-hydrogen) atoms. The van der Waals surface area contributed by atoms with Gasteiger partial charge >= 0.3 is 0 Å². The lowest BCUT2D eigenvalue weighted by atomic mass is 10.2. The fourth-order valence-corrected chi connectivity index (χ4v) is 2.36. The standard InChI is InChI=1S/C20H21N5O2/c1-14-21-18(13-19(22-14)25(2)3)23-15-6-8-16(9-7-15)24-20(26)11-10-17-5-4-12-27-17/h4-13H,1-3H3,(H,24,26)(H,21,22,23)/b11-10+. The van der Waals surface area contributed by atoms with E-state index in [2.05, 4.69) is 20.6 Å². The van der Waals surface area contributed by atoms with Crippen LogP contribution in [0.2, 0.25) is 0 Å². The van der Waals surface area contributed by atoms with E-state index in [0.717, 1.165) is 11.5 Å². The lowest BCUT2D eigenvalue weighted by molar-refractivity contribution is -0.111. The topological polar surface area (TPSA) is 83.3 Å². The Morgan fingerprint density at radius 1 is 1.11 bits per heavy atom. The Balaban J connectivity index is 1.63. The van der Waals surface area contributed by atoms with E-state index in [4.69, 9.17) is 4.42 Å². The first-order valence-electron chi connectivity index (χ1n) is 8.42. The molecule has 0 aliphatic carbocycles. The molecule has 2 heterocycles. The summed E-state index contributed by atoms with van der Waals surface area (Å²) in [4.78, 5) is 22.6. The number of carbonyl (C=O) groups excluding carboxylic acids is 1. The van der Waals surface area contributed by atoms with Gasteiger partial charge in [0.05, 0.1) is 6.26 Å². The molecular formula is C20H21N5O2. The second kappa shape index (κ2) is 8.18. The van der Waals surface area contributed by atoms with Crippen LogP contribution in [0.25, 0.3) is 6.08 Å². The molecule has 0 bridgehead atoms. The van der Waals surface area contributed by atoms with Crippen molar-refractivity contribution in [3.8, 4) is 0 Å². The molecule has 0 aliphatic rings. The van der Waals surface area contributed by atoms with E-state index >= 15 is 0 Å². The Hall–Kier alpha value is -3.61. The molecule has 0 radical (unpaired) electrons. The average molecular weight is 363 g/mol. The molecular weight excluding hydrogens is 342 g/mol. The summed E-state index contributed by atoms with van der Waals surface area (Å²) in [5.41, 5.74) is 1.56. The summed E-state index contributed by atoms with van der Waals surface area (Å²) in [6.07, 6.45) is 4.60. The van der Waals surface area contributed by atoms with Crippen LogP contribution in [0.15, 0.2) is 59.2 Å². The zero-order valence-electron chi connectivity index (χ0n) is 15.4. The van der Waals surface area contributed by atoms with Crippen LogP contribution < -0.4 is 15.5 Å². The smallest absolute Gasteiger partial charge is 0.248 e. The molecule has 0 saturated heterocycles. The van der Waals surface area contributed by atoms with Gasteiger partial charge < -0.3 is 20.0 Å². The van der Waals surface area contributed by atoms with E-state index in [-0.39, 0.29) is 5.91 Å². The highest BCUT2D eigenvalue weighted by Gasteiger charge is 2.05. The summed E-state index contributed by atoms with van der Waals surface area (Å²) in [6.45, 7) is 1.85. The second-order valence-corrected chi connectivity index (χ2v) is 6.09. The maximum Gasteiger partial charge on any atom is 0.248 e. The Kier molecular flexibility index (Phi) is 5.51. The second-order valence-electron chi connectivity index (χ2n) is 6.09. The minimum Gasteiger partial charge on any atom is -0.465 e. The summed E-state index contributed by atoms with van der Waals surface area (Å²) >= 11 is 0. The Morgan fingerprint density at radius 2 is 1.85 bits per heavy atom. The summed E-state index contributed by atoms with van der Waals surface area (Å²) < 4.78 is 5.15. The monoisotopic (exact) mass is 363 g/mol. The summed E-state index contributed by atoms with van der Waals surface area (Å²) in [5.74, 6) is 2.63. The van der Waals surface area contributed by atoms with Gasteiger partial charge in [-0.1, -0.05) is 0 Å². The van der Waals surface area contributed by atoms with Gasteiger partial charge in [-0.3, -0.25) is 4.79 Å². The van der Waals surface area contributed by atoms with Crippen molar-refractivity contribution >= 4 is 35.0 Å².